The largest absolute Gasteiger partial charge is 0.481 e. The number of para-hydroxylation sites is 1. The highest BCUT2D eigenvalue weighted by Gasteiger charge is 2.32. The Morgan fingerprint density at radius 2 is 2.10 bits per heavy atom. The van der Waals surface area contributed by atoms with Crippen LogP contribution in [0.3, 0.4) is 0 Å². The number of aliphatic carboxylic acids is 1. The molecule has 1 heterocycles. The van der Waals surface area contributed by atoms with Gasteiger partial charge in [0.25, 0.3) is 0 Å². The predicted molar refractivity (Wildman–Crippen MR) is 78.4 cm³/mol. The van der Waals surface area contributed by atoms with E-state index >= 15 is 0 Å². The molecule has 1 saturated heterocycles. The zero-order chi connectivity index (χ0) is 15.2. The molecule has 1 atom stereocenters. The number of morpholine rings is 1. The minimum absolute atomic E-state index is 0.0991. The van der Waals surface area contributed by atoms with Crippen molar-refractivity contribution >= 4 is 17.7 Å². The number of nitrogens with zero attached hydrogens (tertiary/aromatic N) is 2. The Morgan fingerprint density at radius 1 is 1.38 bits per heavy atom. The summed E-state index contributed by atoms with van der Waals surface area (Å²) in [7, 11) is 0. The first-order chi connectivity index (χ1) is 10.1. The van der Waals surface area contributed by atoms with E-state index in [1.165, 1.54) is 0 Å². The lowest BCUT2D eigenvalue weighted by Gasteiger charge is -2.38. The van der Waals surface area contributed by atoms with Crippen LogP contribution in [0.2, 0.25) is 0 Å². The number of urea groups is 1. The molecule has 1 aromatic carbocycles. The minimum atomic E-state index is -0.925. The molecule has 0 aromatic heterocycles. The molecular formula is C15H20N2O4. The Bertz CT molecular complexity index is 492. The van der Waals surface area contributed by atoms with Crippen LogP contribution in [-0.4, -0.2) is 54.4 Å². The highest BCUT2D eigenvalue weighted by Crippen LogP contribution is 2.19. The molecule has 0 radical (unpaired) electrons. The average molecular weight is 292 g/mol. The van der Waals surface area contributed by atoms with Crippen molar-refractivity contribution in [2.45, 2.75) is 19.4 Å². The summed E-state index contributed by atoms with van der Waals surface area (Å²) < 4.78 is 5.31. The van der Waals surface area contributed by atoms with E-state index in [0.717, 1.165) is 5.69 Å². The van der Waals surface area contributed by atoms with E-state index in [2.05, 4.69) is 0 Å². The van der Waals surface area contributed by atoms with E-state index in [9.17, 15) is 9.59 Å². The summed E-state index contributed by atoms with van der Waals surface area (Å²) in [6.45, 7) is 3.55. The van der Waals surface area contributed by atoms with Crippen LogP contribution in [0, 0.1) is 0 Å². The first-order valence-electron chi connectivity index (χ1n) is 7.06. The van der Waals surface area contributed by atoms with Crippen molar-refractivity contribution in [3.05, 3.63) is 30.3 Å². The topological polar surface area (TPSA) is 70.1 Å². The van der Waals surface area contributed by atoms with Crippen LogP contribution in [0.25, 0.3) is 0 Å². The maximum atomic E-state index is 12.7. The number of amides is 2. The van der Waals surface area contributed by atoms with E-state index in [0.29, 0.717) is 19.7 Å². The quantitative estimate of drug-likeness (QED) is 0.918. The number of carboxylic acid groups (broad SMARTS) is 1. The van der Waals surface area contributed by atoms with Gasteiger partial charge in [0.1, 0.15) is 0 Å². The van der Waals surface area contributed by atoms with Gasteiger partial charge in [-0.15, -0.1) is 0 Å². The molecule has 114 valence electrons. The summed E-state index contributed by atoms with van der Waals surface area (Å²) in [6.07, 6.45) is -0.0991. The summed E-state index contributed by atoms with van der Waals surface area (Å²) in [5.41, 5.74) is 0.811. The fraction of sp³-hybridized carbons (Fsp3) is 0.467. The third-order valence-electron chi connectivity index (χ3n) is 3.50. The summed E-state index contributed by atoms with van der Waals surface area (Å²) >= 11 is 0. The lowest BCUT2D eigenvalue weighted by Crippen LogP contribution is -2.54. The van der Waals surface area contributed by atoms with Crippen LogP contribution < -0.4 is 4.90 Å². The van der Waals surface area contributed by atoms with Gasteiger partial charge in [0, 0.05) is 18.8 Å². The summed E-state index contributed by atoms with van der Waals surface area (Å²) in [5, 5.41) is 8.97. The normalized spacial score (nSPS) is 18.3. The lowest BCUT2D eigenvalue weighted by atomic mass is 10.1. The number of carbonyl (C=O) groups is 2. The number of hydrogen-bond donors (Lipinski definition) is 1. The maximum Gasteiger partial charge on any atom is 0.324 e. The molecule has 0 saturated carbocycles. The van der Waals surface area contributed by atoms with Crippen LogP contribution in [0.5, 0.6) is 0 Å². The molecule has 1 aliphatic rings. The molecule has 6 heteroatoms. The van der Waals surface area contributed by atoms with Gasteiger partial charge in [0.2, 0.25) is 0 Å². The van der Waals surface area contributed by atoms with E-state index < -0.39 is 12.0 Å². The molecular weight excluding hydrogens is 272 g/mol. The SMILES string of the molecule is CCN(C(=O)N1CCOCC1CC(=O)O)c1ccccc1. The zero-order valence-electron chi connectivity index (χ0n) is 12.1. The Morgan fingerprint density at radius 3 is 2.71 bits per heavy atom. The van der Waals surface area contributed by atoms with Gasteiger partial charge in [-0.05, 0) is 19.1 Å². The lowest BCUT2D eigenvalue weighted by molar-refractivity contribution is -0.139. The second-order valence-electron chi connectivity index (χ2n) is 4.88. The van der Waals surface area contributed by atoms with Crippen molar-refractivity contribution in [2.24, 2.45) is 0 Å². The number of anilines is 1. The molecule has 0 aliphatic carbocycles. The molecule has 1 unspecified atom stereocenters. The first-order valence-corrected chi connectivity index (χ1v) is 7.06. The van der Waals surface area contributed by atoms with Crippen molar-refractivity contribution in [3.8, 4) is 0 Å². The third kappa shape index (κ3) is 3.72. The summed E-state index contributed by atoms with van der Waals surface area (Å²) in [6, 6.07) is 8.80. The molecule has 2 amide bonds. The molecule has 1 N–H and O–H groups in total. The third-order valence-corrected chi connectivity index (χ3v) is 3.50. The Balaban J connectivity index is 2.16. The molecule has 6 nitrogen and oxygen atoms in total. The Labute approximate surface area is 123 Å². The summed E-state index contributed by atoms with van der Waals surface area (Å²) in [4.78, 5) is 26.9. The second kappa shape index (κ2) is 7.08. The highest BCUT2D eigenvalue weighted by molar-refractivity contribution is 5.92. The highest BCUT2D eigenvalue weighted by atomic mass is 16.5. The molecule has 0 bridgehead atoms. The predicted octanol–water partition coefficient (Wildman–Crippen LogP) is 1.81. The molecule has 1 aromatic rings. The van der Waals surface area contributed by atoms with E-state index in [1.807, 2.05) is 37.3 Å². The zero-order valence-corrected chi connectivity index (χ0v) is 12.1. The van der Waals surface area contributed by atoms with Crippen LogP contribution >= 0.6 is 0 Å². The molecule has 2 rings (SSSR count). The fourth-order valence-corrected chi connectivity index (χ4v) is 2.47. The Kier molecular flexibility index (Phi) is 5.16. The van der Waals surface area contributed by atoms with E-state index in [1.54, 1.807) is 9.80 Å². The summed E-state index contributed by atoms with van der Waals surface area (Å²) in [5.74, 6) is -0.925. The van der Waals surface area contributed by atoms with Crippen LogP contribution in [0.4, 0.5) is 10.5 Å². The van der Waals surface area contributed by atoms with E-state index in [4.69, 9.17) is 9.84 Å². The van der Waals surface area contributed by atoms with Gasteiger partial charge in [0.15, 0.2) is 0 Å². The van der Waals surface area contributed by atoms with Crippen molar-refractivity contribution in [1.29, 1.82) is 0 Å². The van der Waals surface area contributed by atoms with Crippen molar-refractivity contribution in [2.75, 3.05) is 31.2 Å². The van der Waals surface area contributed by atoms with Crippen LogP contribution in [0.1, 0.15) is 13.3 Å². The van der Waals surface area contributed by atoms with Gasteiger partial charge in [-0.25, -0.2) is 4.79 Å². The maximum absolute atomic E-state index is 12.7. The number of carbonyl (C=O) groups excluding carboxylic acids is 1. The van der Waals surface area contributed by atoms with E-state index in [-0.39, 0.29) is 19.1 Å². The Hall–Kier alpha value is -2.08. The molecule has 0 spiro atoms. The number of ether oxygens (including phenoxy) is 1. The van der Waals surface area contributed by atoms with Crippen molar-refractivity contribution in [1.82, 2.24) is 4.90 Å². The number of hydrogen-bond acceptors (Lipinski definition) is 3. The van der Waals surface area contributed by atoms with Gasteiger partial charge >= 0.3 is 12.0 Å². The molecule has 1 fully saturated rings. The standard InChI is InChI=1S/C15H20N2O4/c1-2-16(12-6-4-3-5-7-12)15(20)17-8-9-21-11-13(17)10-14(18)19/h3-7,13H,2,8-11H2,1H3,(H,18,19). The number of benzene rings is 1. The smallest absolute Gasteiger partial charge is 0.324 e. The van der Waals surface area contributed by atoms with Gasteiger partial charge < -0.3 is 14.7 Å². The number of rotatable bonds is 4. The fourth-order valence-electron chi connectivity index (χ4n) is 2.47. The van der Waals surface area contributed by atoms with Crippen molar-refractivity contribution < 1.29 is 19.4 Å². The van der Waals surface area contributed by atoms with Crippen LogP contribution in [0.15, 0.2) is 30.3 Å². The van der Waals surface area contributed by atoms with Gasteiger partial charge in [-0.1, -0.05) is 18.2 Å². The minimum Gasteiger partial charge on any atom is -0.481 e. The monoisotopic (exact) mass is 292 g/mol. The second-order valence-corrected chi connectivity index (χ2v) is 4.88. The van der Waals surface area contributed by atoms with Gasteiger partial charge in [-0.2, -0.15) is 0 Å². The van der Waals surface area contributed by atoms with Crippen molar-refractivity contribution in [3.63, 3.8) is 0 Å². The van der Waals surface area contributed by atoms with Gasteiger partial charge in [0.05, 0.1) is 25.7 Å². The van der Waals surface area contributed by atoms with Gasteiger partial charge in [-0.3, -0.25) is 9.69 Å². The molecule has 21 heavy (non-hydrogen) atoms. The number of carboxylic acids is 1. The van der Waals surface area contributed by atoms with Crippen LogP contribution in [-0.2, 0) is 9.53 Å². The first kappa shape index (κ1) is 15.3. The molecule has 1 aliphatic heterocycles. The average Bonchev–Trinajstić information content (AvgIpc) is 2.49.